The second-order valence-corrected chi connectivity index (χ2v) is 5.96. The lowest BCUT2D eigenvalue weighted by Crippen LogP contribution is -2.65. The van der Waals surface area contributed by atoms with Crippen LogP contribution < -0.4 is 14.8 Å². The number of ether oxygens (including phenoxy) is 3. The van der Waals surface area contributed by atoms with Gasteiger partial charge in [0.1, 0.15) is 24.4 Å². The highest BCUT2D eigenvalue weighted by molar-refractivity contribution is 5.73. The molecule has 1 fully saturated rings. The maximum atomic E-state index is 11.5. The Balaban J connectivity index is 2.29. The van der Waals surface area contributed by atoms with Gasteiger partial charge in [0.25, 0.3) is 0 Å². The zero-order chi connectivity index (χ0) is 19.3. The average Bonchev–Trinajstić information content (AvgIpc) is 2.62. The molecule has 0 unspecified atom stereocenters. The minimum absolute atomic E-state index is 0.335. The summed E-state index contributed by atoms with van der Waals surface area (Å²) in [5.41, 5.74) is 0.906. The number of hydrogen-bond donors (Lipinski definition) is 4. The number of aliphatic hydroxyl groups excluding tert-OH is 3. The van der Waals surface area contributed by atoms with Gasteiger partial charge < -0.3 is 34.8 Å². The van der Waals surface area contributed by atoms with E-state index in [4.69, 9.17) is 14.2 Å². The summed E-state index contributed by atoms with van der Waals surface area (Å²) in [6.07, 6.45) is -1.13. The van der Waals surface area contributed by atoms with Crippen LogP contribution in [0.4, 0.5) is 0 Å². The monoisotopic (exact) mass is 367 g/mol. The van der Waals surface area contributed by atoms with Gasteiger partial charge in [-0.25, -0.2) is 0 Å². The van der Waals surface area contributed by atoms with Gasteiger partial charge in [-0.1, -0.05) is 18.2 Å². The van der Waals surface area contributed by atoms with E-state index in [1.54, 1.807) is 12.1 Å². The first-order valence-electron chi connectivity index (χ1n) is 8.28. The van der Waals surface area contributed by atoms with Crippen LogP contribution in [0.5, 0.6) is 11.5 Å². The summed E-state index contributed by atoms with van der Waals surface area (Å²) < 4.78 is 16.7. The number of amides is 1. The van der Waals surface area contributed by atoms with E-state index in [9.17, 15) is 20.1 Å². The Kier molecular flexibility index (Phi) is 6.98. The number of hydrogen-bond acceptors (Lipinski definition) is 7. The van der Waals surface area contributed by atoms with Crippen molar-refractivity contribution in [2.45, 2.75) is 44.5 Å². The topological polar surface area (TPSA) is 117 Å². The summed E-state index contributed by atoms with van der Waals surface area (Å²) in [6, 6.07) is 4.22. The summed E-state index contributed by atoms with van der Waals surface area (Å²) in [6.45, 7) is 2.66. The van der Waals surface area contributed by atoms with Crippen molar-refractivity contribution in [2.24, 2.45) is 0 Å². The van der Waals surface area contributed by atoms with Gasteiger partial charge in [0.15, 0.2) is 11.5 Å². The number of carbonyl (C=O) groups excluding carboxylic acids is 1. The first kappa shape index (κ1) is 20.2. The largest absolute Gasteiger partial charge is 0.493 e. The van der Waals surface area contributed by atoms with Crippen LogP contribution in [0.1, 0.15) is 19.4 Å². The molecule has 1 saturated heterocycles. The minimum atomic E-state index is -1.37. The van der Waals surface area contributed by atoms with Crippen molar-refractivity contribution in [3.05, 3.63) is 29.8 Å². The molecule has 0 radical (unpaired) electrons. The van der Waals surface area contributed by atoms with Gasteiger partial charge in [-0.3, -0.25) is 4.79 Å². The molecule has 144 valence electrons. The number of nitrogens with one attached hydrogen (secondary N) is 1. The number of allylic oxidation sites excluding steroid dienone is 1. The fraction of sp³-hybridized carbons (Fsp3) is 0.500. The van der Waals surface area contributed by atoms with Crippen LogP contribution >= 0.6 is 0 Å². The summed E-state index contributed by atoms with van der Waals surface area (Å²) in [5, 5.41) is 32.2. The van der Waals surface area contributed by atoms with Crippen molar-refractivity contribution >= 4 is 12.0 Å². The van der Waals surface area contributed by atoms with Gasteiger partial charge in [0.2, 0.25) is 12.2 Å². The Morgan fingerprint density at radius 2 is 2.04 bits per heavy atom. The molecule has 1 heterocycles. The van der Waals surface area contributed by atoms with Gasteiger partial charge in [0, 0.05) is 6.92 Å². The SMILES string of the molecule is C/C=C/c1ccc(O[C@H]2O[C@@H](CO)[C@@H](O)[C@@H](O)[C@@H]2NC(C)=O)c(OC)c1. The molecule has 5 atom stereocenters. The van der Waals surface area contributed by atoms with Crippen LogP contribution in [0.15, 0.2) is 24.3 Å². The van der Waals surface area contributed by atoms with E-state index in [1.807, 2.05) is 25.1 Å². The summed E-state index contributed by atoms with van der Waals surface area (Å²) in [5.74, 6) is 0.351. The number of aliphatic hydroxyl groups is 3. The van der Waals surface area contributed by atoms with Crippen LogP contribution in [0, 0.1) is 0 Å². The molecule has 0 saturated carbocycles. The minimum Gasteiger partial charge on any atom is -0.493 e. The van der Waals surface area contributed by atoms with Gasteiger partial charge in [-0.15, -0.1) is 0 Å². The summed E-state index contributed by atoms with van der Waals surface area (Å²) >= 11 is 0. The summed E-state index contributed by atoms with van der Waals surface area (Å²) in [7, 11) is 1.49. The Labute approximate surface area is 152 Å². The maximum Gasteiger partial charge on any atom is 0.223 e. The van der Waals surface area contributed by atoms with E-state index in [0.29, 0.717) is 11.5 Å². The molecule has 4 N–H and O–H groups in total. The molecule has 1 aromatic rings. The normalized spacial score (nSPS) is 28.8. The number of benzene rings is 1. The van der Waals surface area contributed by atoms with Crippen LogP contribution in [0.25, 0.3) is 6.08 Å². The van der Waals surface area contributed by atoms with Gasteiger partial charge >= 0.3 is 0 Å². The molecule has 1 aliphatic heterocycles. The summed E-state index contributed by atoms with van der Waals surface area (Å²) in [4.78, 5) is 11.5. The highest BCUT2D eigenvalue weighted by Crippen LogP contribution is 2.32. The van der Waals surface area contributed by atoms with Crippen molar-refractivity contribution < 1.29 is 34.3 Å². The molecular weight excluding hydrogens is 342 g/mol. The third-order valence-electron chi connectivity index (χ3n) is 4.04. The lowest BCUT2D eigenvalue weighted by molar-refractivity contribution is -0.244. The molecule has 26 heavy (non-hydrogen) atoms. The molecule has 1 aromatic carbocycles. The zero-order valence-corrected chi connectivity index (χ0v) is 15.0. The molecule has 0 aliphatic carbocycles. The first-order valence-corrected chi connectivity index (χ1v) is 8.28. The van der Waals surface area contributed by atoms with Gasteiger partial charge in [0.05, 0.1) is 13.7 Å². The Morgan fingerprint density at radius 1 is 1.31 bits per heavy atom. The lowest BCUT2D eigenvalue weighted by atomic mass is 9.97. The standard InChI is InChI=1S/C18H25NO7/c1-4-5-11-6-7-12(13(8-11)24-3)25-18-15(19-10(2)21)17(23)16(22)14(9-20)26-18/h4-8,14-18,20,22-23H,9H2,1-3H3,(H,19,21)/b5-4+/t14-,15-,16+,17-,18-/m0/s1. The molecule has 8 heteroatoms. The molecule has 2 rings (SSSR count). The van der Waals surface area contributed by atoms with Crippen LogP contribution in [0.3, 0.4) is 0 Å². The second kappa shape index (κ2) is 9.00. The van der Waals surface area contributed by atoms with Crippen LogP contribution in [-0.4, -0.2) is 65.6 Å². The molecule has 0 spiro atoms. The third-order valence-corrected chi connectivity index (χ3v) is 4.04. The Hall–Kier alpha value is -2.13. The molecule has 1 amide bonds. The van der Waals surface area contributed by atoms with E-state index in [-0.39, 0.29) is 0 Å². The fourth-order valence-electron chi connectivity index (χ4n) is 2.77. The van der Waals surface area contributed by atoms with Crippen LogP contribution in [0.2, 0.25) is 0 Å². The van der Waals surface area contributed by atoms with E-state index < -0.39 is 43.2 Å². The Bertz CT molecular complexity index is 648. The first-order chi connectivity index (χ1) is 12.4. The number of rotatable bonds is 6. The number of methoxy groups -OCH3 is 1. The zero-order valence-electron chi connectivity index (χ0n) is 15.0. The van der Waals surface area contributed by atoms with E-state index >= 15 is 0 Å². The quantitative estimate of drug-likeness (QED) is 0.561. The fourth-order valence-corrected chi connectivity index (χ4v) is 2.77. The third kappa shape index (κ3) is 4.53. The lowest BCUT2D eigenvalue weighted by Gasteiger charge is -2.42. The van der Waals surface area contributed by atoms with Crippen molar-refractivity contribution in [3.63, 3.8) is 0 Å². The van der Waals surface area contributed by atoms with Crippen molar-refractivity contribution in [3.8, 4) is 11.5 Å². The van der Waals surface area contributed by atoms with Crippen molar-refractivity contribution in [1.29, 1.82) is 0 Å². The number of carbonyl (C=O) groups is 1. The van der Waals surface area contributed by atoms with Crippen molar-refractivity contribution in [2.75, 3.05) is 13.7 Å². The van der Waals surface area contributed by atoms with Crippen molar-refractivity contribution in [1.82, 2.24) is 5.32 Å². The highest BCUT2D eigenvalue weighted by atomic mass is 16.7. The molecule has 1 aliphatic rings. The maximum absolute atomic E-state index is 11.5. The second-order valence-electron chi connectivity index (χ2n) is 5.96. The molecule has 0 bridgehead atoms. The predicted molar refractivity (Wildman–Crippen MR) is 93.7 cm³/mol. The molecular formula is C18H25NO7. The van der Waals surface area contributed by atoms with E-state index in [0.717, 1.165) is 5.56 Å². The average molecular weight is 367 g/mol. The Morgan fingerprint density at radius 3 is 2.62 bits per heavy atom. The molecule has 8 nitrogen and oxygen atoms in total. The van der Waals surface area contributed by atoms with E-state index in [1.165, 1.54) is 14.0 Å². The molecule has 0 aromatic heterocycles. The smallest absolute Gasteiger partial charge is 0.223 e. The van der Waals surface area contributed by atoms with Gasteiger partial charge in [-0.05, 0) is 24.6 Å². The van der Waals surface area contributed by atoms with Gasteiger partial charge in [-0.2, -0.15) is 0 Å². The predicted octanol–water partition coefficient (Wildman–Crippen LogP) is 0.0508. The highest BCUT2D eigenvalue weighted by Gasteiger charge is 2.46. The van der Waals surface area contributed by atoms with Crippen LogP contribution in [-0.2, 0) is 9.53 Å². The van der Waals surface area contributed by atoms with E-state index in [2.05, 4.69) is 5.32 Å².